The Balaban J connectivity index is 1.97. The van der Waals surface area contributed by atoms with E-state index in [1.165, 1.54) is 22.3 Å². The Hall–Kier alpha value is -1.89. The molecule has 0 N–H and O–H groups in total. The molecule has 0 fully saturated rings. The maximum Gasteiger partial charge on any atom is 0.142 e. The van der Waals surface area contributed by atoms with Gasteiger partial charge in [-0.05, 0) is 34.2 Å². The van der Waals surface area contributed by atoms with E-state index in [9.17, 15) is 4.79 Å². The summed E-state index contributed by atoms with van der Waals surface area (Å²) < 4.78 is 0. The minimum atomic E-state index is -0.0102. The molecule has 0 spiro atoms. The number of carbonyl (C=O) groups is 1. The SMILES string of the molecule is CC(C)C(=O)C(C)c1ccc2c(c1)Cc1ccccc1-2. The van der Waals surface area contributed by atoms with Crippen LogP contribution in [0.4, 0.5) is 0 Å². The molecule has 2 aromatic rings. The second-order valence-electron chi connectivity index (χ2n) is 6.03. The number of carbonyl (C=O) groups excluding carboxylic acids is 1. The number of Topliss-reactive ketones (excluding diaryl/α,β-unsaturated/α-hetero) is 1. The lowest BCUT2D eigenvalue weighted by Gasteiger charge is -2.14. The zero-order valence-corrected chi connectivity index (χ0v) is 12.3. The second kappa shape index (κ2) is 4.90. The molecule has 0 saturated carbocycles. The molecule has 0 saturated heterocycles. The summed E-state index contributed by atoms with van der Waals surface area (Å²) in [5, 5.41) is 0. The molecular weight excluding hydrogens is 244 g/mol. The van der Waals surface area contributed by atoms with Crippen LogP contribution in [0.1, 0.15) is 43.4 Å². The fraction of sp³-hybridized carbons (Fsp3) is 0.316. The number of benzene rings is 2. The van der Waals surface area contributed by atoms with Crippen LogP contribution < -0.4 is 0 Å². The summed E-state index contributed by atoms with van der Waals surface area (Å²) in [6.07, 6.45) is 0.988. The van der Waals surface area contributed by atoms with Gasteiger partial charge in [0.1, 0.15) is 5.78 Å². The molecule has 102 valence electrons. The summed E-state index contributed by atoms with van der Waals surface area (Å²) in [6, 6.07) is 15.1. The van der Waals surface area contributed by atoms with Gasteiger partial charge in [0.05, 0.1) is 0 Å². The molecule has 1 heteroatoms. The van der Waals surface area contributed by atoms with Crippen molar-refractivity contribution in [1.82, 2.24) is 0 Å². The molecule has 3 rings (SSSR count). The Morgan fingerprint density at radius 2 is 1.65 bits per heavy atom. The summed E-state index contributed by atoms with van der Waals surface area (Å²) in [4.78, 5) is 12.2. The van der Waals surface area contributed by atoms with Crippen molar-refractivity contribution in [2.45, 2.75) is 33.1 Å². The lowest BCUT2D eigenvalue weighted by molar-refractivity contribution is -0.123. The first kappa shape index (κ1) is 13.1. The van der Waals surface area contributed by atoms with Gasteiger partial charge in [0.25, 0.3) is 0 Å². The highest BCUT2D eigenvalue weighted by Gasteiger charge is 2.22. The largest absolute Gasteiger partial charge is 0.299 e. The number of hydrogen-bond donors (Lipinski definition) is 0. The van der Waals surface area contributed by atoms with Crippen LogP contribution in [-0.4, -0.2) is 5.78 Å². The zero-order chi connectivity index (χ0) is 14.3. The molecule has 0 amide bonds. The zero-order valence-electron chi connectivity index (χ0n) is 12.3. The molecule has 20 heavy (non-hydrogen) atoms. The van der Waals surface area contributed by atoms with Crippen LogP contribution in [0, 0.1) is 5.92 Å². The van der Waals surface area contributed by atoms with Crippen molar-refractivity contribution in [2.24, 2.45) is 5.92 Å². The quantitative estimate of drug-likeness (QED) is 0.676. The minimum Gasteiger partial charge on any atom is -0.299 e. The average Bonchev–Trinajstić information content (AvgIpc) is 2.83. The van der Waals surface area contributed by atoms with Crippen LogP contribution in [0.15, 0.2) is 42.5 Å². The highest BCUT2D eigenvalue weighted by molar-refractivity contribution is 5.87. The van der Waals surface area contributed by atoms with Crippen LogP contribution in [-0.2, 0) is 11.2 Å². The number of fused-ring (bicyclic) bond motifs is 3. The third-order valence-electron chi connectivity index (χ3n) is 4.31. The summed E-state index contributed by atoms with van der Waals surface area (Å²) >= 11 is 0. The highest BCUT2D eigenvalue weighted by Crippen LogP contribution is 2.37. The number of hydrogen-bond acceptors (Lipinski definition) is 1. The molecule has 1 atom stereocenters. The highest BCUT2D eigenvalue weighted by atomic mass is 16.1. The summed E-state index contributed by atoms with van der Waals surface area (Å²) in [5.74, 6) is 0.403. The first-order chi connectivity index (χ1) is 9.58. The fourth-order valence-corrected chi connectivity index (χ4v) is 3.10. The van der Waals surface area contributed by atoms with Crippen LogP contribution in [0.3, 0.4) is 0 Å². The van der Waals surface area contributed by atoms with Gasteiger partial charge in [-0.25, -0.2) is 0 Å². The van der Waals surface area contributed by atoms with E-state index < -0.39 is 0 Å². The molecule has 1 nitrogen and oxygen atoms in total. The summed E-state index contributed by atoms with van der Waals surface area (Å²) in [5.41, 5.74) is 6.57. The molecule has 2 aromatic carbocycles. The van der Waals surface area contributed by atoms with Gasteiger partial charge in [0.15, 0.2) is 0 Å². The van der Waals surface area contributed by atoms with Gasteiger partial charge < -0.3 is 0 Å². The Morgan fingerprint density at radius 1 is 0.950 bits per heavy atom. The van der Waals surface area contributed by atoms with Gasteiger partial charge in [0, 0.05) is 11.8 Å². The molecule has 1 aliphatic carbocycles. The smallest absolute Gasteiger partial charge is 0.142 e. The Morgan fingerprint density at radius 3 is 2.40 bits per heavy atom. The first-order valence-electron chi connectivity index (χ1n) is 7.32. The Kier molecular flexibility index (Phi) is 3.21. The monoisotopic (exact) mass is 264 g/mol. The van der Waals surface area contributed by atoms with Crippen molar-refractivity contribution in [3.8, 4) is 11.1 Å². The van der Waals surface area contributed by atoms with E-state index in [2.05, 4.69) is 42.5 Å². The average molecular weight is 264 g/mol. The minimum absolute atomic E-state index is 0.0102. The number of rotatable bonds is 3. The molecule has 1 aliphatic rings. The van der Waals surface area contributed by atoms with E-state index in [0.29, 0.717) is 5.78 Å². The topological polar surface area (TPSA) is 17.1 Å². The van der Waals surface area contributed by atoms with Crippen LogP contribution in [0.5, 0.6) is 0 Å². The Labute approximate surface area is 120 Å². The van der Waals surface area contributed by atoms with E-state index in [0.717, 1.165) is 12.0 Å². The molecule has 0 aliphatic heterocycles. The van der Waals surface area contributed by atoms with Gasteiger partial charge in [-0.1, -0.05) is 63.2 Å². The van der Waals surface area contributed by atoms with Gasteiger partial charge in [-0.3, -0.25) is 4.79 Å². The van der Waals surface area contributed by atoms with Crippen molar-refractivity contribution in [3.05, 3.63) is 59.2 Å². The van der Waals surface area contributed by atoms with Gasteiger partial charge in [-0.15, -0.1) is 0 Å². The first-order valence-corrected chi connectivity index (χ1v) is 7.32. The molecule has 0 bridgehead atoms. The van der Waals surface area contributed by atoms with Crippen LogP contribution in [0.25, 0.3) is 11.1 Å². The third-order valence-corrected chi connectivity index (χ3v) is 4.31. The van der Waals surface area contributed by atoms with E-state index in [-0.39, 0.29) is 11.8 Å². The van der Waals surface area contributed by atoms with Crippen LogP contribution >= 0.6 is 0 Å². The molecule has 1 unspecified atom stereocenters. The maximum atomic E-state index is 12.2. The predicted octanol–water partition coefficient (Wildman–Crippen LogP) is 4.59. The molecule has 0 radical (unpaired) electrons. The van der Waals surface area contributed by atoms with Gasteiger partial charge in [-0.2, -0.15) is 0 Å². The van der Waals surface area contributed by atoms with Crippen LogP contribution in [0.2, 0.25) is 0 Å². The summed E-state index contributed by atoms with van der Waals surface area (Å²) in [6.45, 7) is 5.97. The van der Waals surface area contributed by atoms with Crippen molar-refractivity contribution < 1.29 is 4.79 Å². The van der Waals surface area contributed by atoms with E-state index in [1.54, 1.807) is 0 Å². The van der Waals surface area contributed by atoms with Gasteiger partial charge in [0.2, 0.25) is 0 Å². The Bertz CT molecular complexity index is 667. The predicted molar refractivity (Wildman–Crippen MR) is 82.9 cm³/mol. The van der Waals surface area contributed by atoms with Crippen molar-refractivity contribution >= 4 is 5.78 Å². The van der Waals surface area contributed by atoms with Crippen molar-refractivity contribution in [3.63, 3.8) is 0 Å². The summed E-state index contributed by atoms with van der Waals surface area (Å²) in [7, 11) is 0. The lowest BCUT2D eigenvalue weighted by Crippen LogP contribution is -2.15. The van der Waals surface area contributed by atoms with Crippen molar-refractivity contribution in [2.75, 3.05) is 0 Å². The molecule has 0 heterocycles. The second-order valence-corrected chi connectivity index (χ2v) is 6.03. The normalized spacial score (nSPS) is 14.0. The van der Waals surface area contributed by atoms with Crippen molar-refractivity contribution in [1.29, 1.82) is 0 Å². The van der Waals surface area contributed by atoms with E-state index >= 15 is 0 Å². The lowest BCUT2D eigenvalue weighted by atomic mass is 9.89. The van der Waals surface area contributed by atoms with Gasteiger partial charge >= 0.3 is 0 Å². The van der Waals surface area contributed by atoms with E-state index in [4.69, 9.17) is 0 Å². The number of ketones is 1. The standard InChI is InChI=1S/C19H20O/c1-12(2)19(20)13(3)14-8-9-18-16(10-14)11-15-6-4-5-7-17(15)18/h4-10,12-13H,11H2,1-3H3. The molecule has 0 aromatic heterocycles. The molecular formula is C19H20O. The fourth-order valence-electron chi connectivity index (χ4n) is 3.10. The third kappa shape index (κ3) is 2.07. The maximum absolute atomic E-state index is 12.2. The van der Waals surface area contributed by atoms with E-state index in [1.807, 2.05) is 20.8 Å².